The highest BCUT2D eigenvalue weighted by molar-refractivity contribution is 14.1. The number of hydrogen-bond donors (Lipinski definition) is 0. The predicted octanol–water partition coefficient (Wildman–Crippen LogP) is 4.55. The van der Waals surface area contributed by atoms with Crippen molar-refractivity contribution in [3.8, 4) is 11.5 Å². The van der Waals surface area contributed by atoms with Crippen LogP contribution < -0.4 is 4.74 Å². The fourth-order valence-electron chi connectivity index (χ4n) is 2.65. The van der Waals surface area contributed by atoms with Gasteiger partial charge in [0.1, 0.15) is 11.5 Å². The summed E-state index contributed by atoms with van der Waals surface area (Å²) >= 11 is 2.20. The zero-order chi connectivity index (χ0) is 16.0. The van der Waals surface area contributed by atoms with Gasteiger partial charge in [-0.25, -0.2) is 9.59 Å². The van der Waals surface area contributed by atoms with Gasteiger partial charge >= 0.3 is 11.9 Å². The minimum atomic E-state index is -0.625. The number of benzene rings is 3. The molecule has 5 heteroatoms. The van der Waals surface area contributed by atoms with E-state index in [2.05, 4.69) is 22.6 Å². The largest absolute Gasteiger partial charge is 0.456 e. The van der Waals surface area contributed by atoms with Gasteiger partial charge in [0, 0.05) is 10.8 Å². The van der Waals surface area contributed by atoms with E-state index in [0.717, 1.165) is 9.32 Å². The number of ether oxygens (including phenoxy) is 2. The molecule has 0 spiro atoms. The van der Waals surface area contributed by atoms with Crippen molar-refractivity contribution in [2.45, 2.75) is 0 Å². The van der Waals surface area contributed by atoms with Crippen LogP contribution in [0.5, 0.6) is 11.5 Å². The number of rotatable bonds is 2. The van der Waals surface area contributed by atoms with Crippen LogP contribution in [0.4, 0.5) is 0 Å². The molecule has 3 aromatic rings. The Morgan fingerprint density at radius 1 is 0.783 bits per heavy atom. The SMILES string of the molecule is O=C1OC(=O)c2ccc(Oc3ccccc3I)c3cccc1c23. The molecular weight excluding hydrogens is 407 g/mol. The second kappa shape index (κ2) is 5.34. The van der Waals surface area contributed by atoms with Gasteiger partial charge in [-0.1, -0.05) is 24.3 Å². The first-order valence-corrected chi connectivity index (χ1v) is 7.97. The molecule has 0 aromatic heterocycles. The first kappa shape index (κ1) is 14.2. The summed E-state index contributed by atoms with van der Waals surface area (Å²) in [6.45, 7) is 0. The molecule has 0 saturated carbocycles. The molecular formula is C18H9IO4. The first-order valence-electron chi connectivity index (χ1n) is 6.90. The van der Waals surface area contributed by atoms with Crippen molar-refractivity contribution in [3.63, 3.8) is 0 Å². The highest BCUT2D eigenvalue weighted by Gasteiger charge is 2.28. The molecule has 112 valence electrons. The number of carbonyl (C=O) groups excluding carboxylic acids is 2. The number of hydrogen-bond acceptors (Lipinski definition) is 4. The van der Waals surface area contributed by atoms with Gasteiger partial charge in [0.25, 0.3) is 0 Å². The molecule has 1 heterocycles. The smallest absolute Gasteiger partial charge is 0.346 e. The monoisotopic (exact) mass is 416 g/mol. The number of esters is 2. The molecule has 0 saturated heterocycles. The Labute approximate surface area is 145 Å². The molecule has 1 aliphatic heterocycles. The van der Waals surface area contributed by atoms with Crippen LogP contribution in [-0.2, 0) is 4.74 Å². The second-order valence-electron chi connectivity index (χ2n) is 5.05. The van der Waals surface area contributed by atoms with E-state index in [0.29, 0.717) is 27.6 Å². The normalized spacial score (nSPS) is 13.1. The van der Waals surface area contributed by atoms with Gasteiger partial charge in [-0.3, -0.25) is 0 Å². The lowest BCUT2D eigenvalue weighted by molar-refractivity contribution is 0.0391. The van der Waals surface area contributed by atoms with Crippen molar-refractivity contribution in [3.05, 3.63) is 69.3 Å². The Kier molecular flexibility index (Phi) is 3.30. The number of halogens is 1. The first-order chi connectivity index (χ1) is 11.1. The lowest BCUT2D eigenvalue weighted by Crippen LogP contribution is -2.19. The van der Waals surface area contributed by atoms with Gasteiger partial charge in [0.05, 0.1) is 14.7 Å². The van der Waals surface area contributed by atoms with Gasteiger partial charge < -0.3 is 9.47 Å². The fraction of sp³-hybridized carbons (Fsp3) is 0. The summed E-state index contributed by atoms with van der Waals surface area (Å²) in [5, 5.41) is 1.29. The van der Waals surface area contributed by atoms with Gasteiger partial charge in [-0.05, 0) is 52.9 Å². The molecule has 0 atom stereocenters. The molecule has 0 aliphatic carbocycles. The van der Waals surface area contributed by atoms with Crippen LogP contribution in [0.3, 0.4) is 0 Å². The summed E-state index contributed by atoms with van der Waals surface area (Å²) < 4.78 is 11.7. The zero-order valence-electron chi connectivity index (χ0n) is 11.7. The van der Waals surface area contributed by atoms with Crippen LogP contribution in [-0.4, -0.2) is 11.9 Å². The second-order valence-corrected chi connectivity index (χ2v) is 6.21. The van der Waals surface area contributed by atoms with E-state index in [1.54, 1.807) is 24.3 Å². The Bertz CT molecular complexity index is 958. The molecule has 4 nitrogen and oxygen atoms in total. The highest BCUT2D eigenvalue weighted by atomic mass is 127. The van der Waals surface area contributed by atoms with Gasteiger partial charge in [-0.15, -0.1) is 0 Å². The third-order valence-electron chi connectivity index (χ3n) is 3.68. The lowest BCUT2D eigenvalue weighted by Gasteiger charge is -2.17. The van der Waals surface area contributed by atoms with Crippen molar-refractivity contribution in [1.82, 2.24) is 0 Å². The van der Waals surface area contributed by atoms with Crippen molar-refractivity contribution >= 4 is 45.3 Å². The van der Waals surface area contributed by atoms with E-state index in [1.165, 1.54) is 0 Å². The number of para-hydroxylation sites is 1. The van der Waals surface area contributed by atoms with Crippen LogP contribution in [0.15, 0.2) is 54.6 Å². The van der Waals surface area contributed by atoms with Crippen LogP contribution >= 0.6 is 22.6 Å². The van der Waals surface area contributed by atoms with Crippen LogP contribution in [0.2, 0.25) is 0 Å². The standard InChI is InChI=1S/C18H9IO4/c19-13-6-1-2-7-15(13)22-14-9-8-12-16-10(14)4-3-5-11(16)17(20)23-18(12)21/h1-9H. The third kappa shape index (κ3) is 2.28. The molecule has 0 bridgehead atoms. The quantitative estimate of drug-likeness (QED) is 0.350. The maximum absolute atomic E-state index is 11.9. The summed E-state index contributed by atoms with van der Waals surface area (Å²) in [7, 11) is 0. The van der Waals surface area contributed by atoms with Gasteiger partial charge in [0.2, 0.25) is 0 Å². The predicted molar refractivity (Wildman–Crippen MR) is 92.9 cm³/mol. The highest BCUT2D eigenvalue weighted by Crippen LogP contribution is 2.37. The Morgan fingerprint density at radius 3 is 2.30 bits per heavy atom. The molecule has 0 amide bonds. The molecule has 0 radical (unpaired) electrons. The summed E-state index contributed by atoms with van der Waals surface area (Å²) in [6, 6.07) is 16.2. The summed E-state index contributed by atoms with van der Waals surface area (Å²) in [4.78, 5) is 23.8. The summed E-state index contributed by atoms with van der Waals surface area (Å²) in [6.07, 6.45) is 0. The zero-order valence-corrected chi connectivity index (χ0v) is 13.9. The minimum absolute atomic E-state index is 0.380. The van der Waals surface area contributed by atoms with Gasteiger partial charge in [-0.2, -0.15) is 0 Å². The molecule has 0 unspecified atom stereocenters. The maximum Gasteiger partial charge on any atom is 0.346 e. The van der Waals surface area contributed by atoms with E-state index in [9.17, 15) is 9.59 Å². The van der Waals surface area contributed by atoms with E-state index >= 15 is 0 Å². The summed E-state index contributed by atoms with van der Waals surface area (Å²) in [5.41, 5.74) is 0.760. The average molecular weight is 416 g/mol. The van der Waals surface area contributed by atoms with E-state index in [1.807, 2.05) is 30.3 Å². The van der Waals surface area contributed by atoms with Crippen LogP contribution in [0, 0.1) is 3.57 Å². The average Bonchev–Trinajstić information content (AvgIpc) is 2.55. The Balaban J connectivity index is 1.94. The minimum Gasteiger partial charge on any atom is -0.456 e. The number of carbonyl (C=O) groups is 2. The Morgan fingerprint density at radius 2 is 1.52 bits per heavy atom. The lowest BCUT2D eigenvalue weighted by atomic mass is 9.96. The molecule has 0 N–H and O–H groups in total. The molecule has 1 aliphatic rings. The molecule has 3 aromatic carbocycles. The van der Waals surface area contributed by atoms with Gasteiger partial charge in [0.15, 0.2) is 0 Å². The fourth-order valence-corrected chi connectivity index (χ4v) is 3.15. The topological polar surface area (TPSA) is 52.6 Å². The van der Waals surface area contributed by atoms with Crippen LogP contribution in [0.25, 0.3) is 10.8 Å². The maximum atomic E-state index is 11.9. The van der Waals surface area contributed by atoms with E-state index in [4.69, 9.17) is 9.47 Å². The Hall–Kier alpha value is -2.41. The van der Waals surface area contributed by atoms with Crippen molar-refractivity contribution < 1.29 is 19.1 Å². The van der Waals surface area contributed by atoms with E-state index in [-0.39, 0.29) is 0 Å². The molecule has 0 fully saturated rings. The third-order valence-corrected chi connectivity index (χ3v) is 4.57. The summed E-state index contributed by atoms with van der Waals surface area (Å²) in [5.74, 6) is 0.0646. The van der Waals surface area contributed by atoms with E-state index < -0.39 is 11.9 Å². The van der Waals surface area contributed by atoms with Crippen molar-refractivity contribution in [1.29, 1.82) is 0 Å². The van der Waals surface area contributed by atoms with Crippen molar-refractivity contribution in [2.24, 2.45) is 0 Å². The number of cyclic esters (lactones) is 2. The molecule has 4 rings (SSSR count). The van der Waals surface area contributed by atoms with Crippen molar-refractivity contribution in [2.75, 3.05) is 0 Å². The molecule has 23 heavy (non-hydrogen) atoms. The van der Waals surface area contributed by atoms with Crippen LogP contribution in [0.1, 0.15) is 20.7 Å².